The van der Waals surface area contributed by atoms with Gasteiger partial charge in [0.15, 0.2) is 0 Å². The molecule has 0 atom stereocenters. The molecule has 0 bridgehead atoms. The monoisotopic (exact) mass is 219 g/mol. The molecule has 0 spiro atoms. The van der Waals surface area contributed by atoms with Crippen LogP contribution < -0.4 is 0 Å². The Labute approximate surface area is 93.6 Å². The molecule has 2 rings (SSSR count). The summed E-state index contributed by atoms with van der Waals surface area (Å²) in [6, 6.07) is 10.2. The summed E-state index contributed by atoms with van der Waals surface area (Å²) in [7, 11) is 1.71. The quantitative estimate of drug-likeness (QED) is 0.788. The lowest BCUT2D eigenvalue weighted by Gasteiger charge is -1.95. The average Bonchev–Trinajstić information content (AvgIpc) is 2.76. The highest BCUT2D eigenvalue weighted by Crippen LogP contribution is 2.21. The minimum absolute atomic E-state index is 0.738. The molecule has 0 amide bonds. The maximum Gasteiger partial charge on any atom is 0.0955 e. The van der Waals surface area contributed by atoms with Gasteiger partial charge in [-0.15, -0.1) is 11.3 Å². The van der Waals surface area contributed by atoms with E-state index in [4.69, 9.17) is 4.74 Å². The van der Waals surface area contributed by atoms with Crippen LogP contribution in [0, 0.1) is 0 Å². The van der Waals surface area contributed by atoms with Gasteiger partial charge in [-0.25, -0.2) is 4.98 Å². The first-order chi connectivity index (χ1) is 7.40. The number of methoxy groups -OCH3 is 1. The van der Waals surface area contributed by atoms with Crippen LogP contribution in [0.1, 0.15) is 5.01 Å². The van der Waals surface area contributed by atoms with Gasteiger partial charge in [0, 0.05) is 24.5 Å². The lowest BCUT2D eigenvalue weighted by atomic mass is 10.2. The zero-order valence-electron chi connectivity index (χ0n) is 8.64. The summed E-state index contributed by atoms with van der Waals surface area (Å²) in [5, 5.41) is 3.23. The second-order valence-corrected chi connectivity index (χ2v) is 4.18. The minimum atomic E-state index is 0.738. The smallest absolute Gasteiger partial charge is 0.0955 e. The molecule has 0 unspecified atom stereocenters. The summed E-state index contributed by atoms with van der Waals surface area (Å²) in [4.78, 5) is 4.56. The lowest BCUT2D eigenvalue weighted by Crippen LogP contribution is -1.93. The van der Waals surface area contributed by atoms with Crippen LogP contribution in [0.3, 0.4) is 0 Å². The fourth-order valence-corrected chi connectivity index (χ4v) is 2.15. The molecule has 0 aliphatic carbocycles. The van der Waals surface area contributed by atoms with Crippen molar-refractivity contribution in [2.24, 2.45) is 0 Å². The van der Waals surface area contributed by atoms with E-state index in [0.29, 0.717) is 0 Å². The van der Waals surface area contributed by atoms with Gasteiger partial charge in [-0.2, -0.15) is 0 Å². The van der Waals surface area contributed by atoms with E-state index in [-0.39, 0.29) is 0 Å². The normalized spacial score (nSPS) is 10.5. The van der Waals surface area contributed by atoms with Crippen molar-refractivity contribution in [3.05, 3.63) is 40.7 Å². The molecule has 3 heteroatoms. The molecule has 1 aromatic heterocycles. The fourth-order valence-electron chi connectivity index (χ4n) is 1.36. The van der Waals surface area contributed by atoms with Gasteiger partial charge >= 0.3 is 0 Å². The molecule has 2 nitrogen and oxygen atoms in total. The van der Waals surface area contributed by atoms with Crippen molar-refractivity contribution < 1.29 is 4.74 Å². The molecule has 15 heavy (non-hydrogen) atoms. The van der Waals surface area contributed by atoms with Crippen LogP contribution in [-0.4, -0.2) is 18.7 Å². The third-order valence-corrected chi connectivity index (χ3v) is 3.05. The highest BCUT2D eigenvalue weighted by atomic mass is 32.1. The minimum Gasteiger partial charge on any atom is -0.384 e. The molecule has 0 saturated heterocycles. The van der Waals surface area contributed by atoms with Crippen LogP contribution in [0.15, 0.2) is 35.7 Å². The predicted molar refractivity (Wildman–Crippen MR) is 63.1 cm³/mol. The molecule has 0 saturated carbocycles. The van der Waals surface area contributed by atoms with E-state index in [1.807, 2.05) is 18.2 Å². The number of ether oxygens (including phenoxy) is 1. The summed E-state index contributed by atoms with van der Waals surface area (Å²) in [5.41, 5.74) is 2.24. The maximum absolute atomic E-state index is 5.03. The fraction of sp³-hybridized carbons (Fsp3) is 0.250. The molecule has 1 heterocycles. The van der Waals surface area contributed by atoms with Crippen molar-refractivity contribution >= 4 is 11.3 Å². The second-order valence-electron chi connectivity index (χ2n) is 3.24. The van der Waals surface area contributed by atoms with Crippen molar-refractivity contribution in [1.82, 2.24) is 4.98 Å². The van der Waals surface area contributed by atoms with Crippen LogP contribution in [0.4, 0.5) is 0 Å². The third-order valence-electron chi connectivity index (χ3n) is 2.14. The number of benzene rings is 1. The van der Waals surface area contributed by atoms with E-state index >= 15 is 0 Å². The van der Waals surface area contributed by atoms with Crippen molar-refractivity contribution in [2.45, 2.75) is 6.42 Å². The van der Waals surface area contributed by atoms with Gasteiger partial charge in [-0.3, -0.25) is 0 Å². The Morgan fingerprint density at radius 2 is 2.07 bits per heavy atom. The average molecular weight is 219 g/mol. The van der Waals surface area contributed by atoms with Crippen LogP contribution in [-0.2, 0) is 11.2 Å². The Morgan fingerprint density at radius 3 is 2.80 bits per heavy atom. The first-order valence-corrected chi connectivity index (χ1v) is 5.77. The van der Waals surface area contributed by atoms with Gasteiger partial charge < -0.3 is 4.74 Å². The van der Waals surface area contributed by atoms with Crippen molar-refractivity contribution in [2.75, 3.05) is 13.7 Å². The Kier molecular flexibility index (Phi) is 3.48. The third kappa shape index (κ3) is 2.64. The summed E-state index contributed by atoms with van der Waals surface area (Å²) < 4.78 is 5.03. The lowest BCUT2D eigenvalue weighted by molar-refractivity contribution is 0.202. The Morgan fingerprint density at radius 1 is 1.27 bits per heavy atom. The molecule has 2 aromatic rings. The predicted octanol–water partition coefficient (Wildman–Crippen LogP) is 3.00. The number of thiazole rings is 1. The molecular weight excluding hydrogens is 206 g/mol. The molecule has 78 valence electrons. The largest absolute Gasteiger partial charge is 0.384 e. The van der Waals surface area contributed by atoms with E-state index in [1.54, 1.807) is 18.4 Å². The molecule has 0 N–H and O–H groups in total. The maximum atomic E-state index is 5.03. The Balaban J connectivity index is 2.14. The highest BCUT2D eigenvalue weighted by molar-refractivity contribution is 7.09. The first kappa shape index (κ1) is 10.3. The van der Waals surface area contributed by atoms with E-state index in [2.05, 4.69) is 22.5 Å². The summed E-state index contributed by atoms with van der Waals surface area (Å²) >= 11 is 1.69. The molecule has 0 radical (unpaired) electrons. The van der Waals surface area contributed by atoms with Gasteiger partial charge in [0.25, 0.3) is 0 Å². The van der Waals surface area contributed by atoms with Gasteiger partial charge in [0.1, 0.15) is 0 Å². The van der Waals surface area contributed by atoms with E-state index in [1.165, 1.54) is 5.56 Å². The number of nitrogens with zero attached hydrogens (tertiary/aromatic N) is 1. The number of hydrogen-bond donors (Lipinski definition) is 0. The van der Waals surface area contributed by atoms with Gasteiger partial charge in [-0.1, -0.05) is 30.3 Å². The van der Waals surface area contributed by atoms with Crippen LogP contribution in [0.25, 0.3) is 11.3 Å². The number of hydrogen-bond acceptors (Lipinski definition) is 3. The first-order valence-electron chi connectivity index (χ1n) is 4.89. The summed E-state index contributed by atoms with van der Waals surface area (Å²) in [5.74, 6) is 0. The second kappa shape index (κ2) is 5.05. The highest BCUT2D eigenvalue weighted by Gasteiger charge is 2.03. The zero-order valence-corrected chi connectivity index (χ0v) is 9.46. The van der Waals surface area contributed by atoms with Crippen molar-refractivity contribution in [1.29, 1.82) is 0 Å². The molecule has 1 aromatic carbocycles. The number of aromatic nitrogens is 1. The van der Waals surface area contributed by atoms with Gasteiger partial charge in [0.2, 0.25) is 0 Å². The molecule has 0 fully saturated rings. The Bertz CT molecular complexity index is 411. The molecule has 0 aliphatic rings. The van der Waals surface area contributed by atoms with Crippen LogP contribution >= 0.6 is 11.3 Å². The van der Waals surface area contributed by atoms with Crippen molar-refractivity contribution in [3.8, 4) is 11.3 Å². The Hall–Kier alpha value is -1.19. The van der Waals surface area contributed by atoms with Gasteiger partial charge in [-0.05, 0) is 0 Å². The summed E-state index contributed by atoms with van der Waals surface area (Å²) in [6.45, 7) is 0.738. The van der Waals surface area contributed by atoms with Crippen molar-refractivity contribution in [3.63, 3.8) is 0 Å². The van der Waals surface area contributed by atoms with E-state index in [9.17, 15) is 0 Å². The standard InChI is InChI=1S/C12H13NOS/c1-14-8-7-12-13-11(9-15-12)10-5-3-2-4-6-10/h2-6,9H,7-8H2,1H3. The van der Waals surface area contributed by atoms with Crippen LogP contribution in [0.2, 0.25) is 0 Å². The molecule has 0 aliphatic heterocycles. The van der Waals surface area contributed by atoms with Crippen LogP contribution in [0.5, 0.6) is 0 Å². The number of rotatable bonds is 4. The topological polar surface area (TPSA) is 22.1 Å². The van der Waals surface area contributed by atoms with E-state index < -0.39 is 0 Å². The zero-order chi connectivity index (χ0) is 10.5. The van der Waals surface area contributed by atoms with E-state index in [0.717, 1.165) is 23.7 Å². The summed E-state index contributed by atoms with van der Waals surface area (Å²) in [6.07, 6.45) is 0.897. The SMILES string of the molecule is COCCc1nc(-c2ccccc2)cs1. The molecular formula is C12H13NOS. The van der Waals surface area contributed by atoms with Gasteiger partial charge in [0.05, 0.1) is 17.3 Å².